The number of aromatic amines is 1. The molecule has 45 nitrogen and oxygen atoms in total. The summed E-state index contributed by atoms with van der Waals surface area (Å²) in [6.07, 6.45) is 3.31. The van der Waals surface area contributed by atoms with Crippen molar-refractivity contribution in [2.45, 2.75) is 301 Å². The van der Waals surface area contributed by atoms with Gasteiger partial charge in [-0.15, -0.1) is 0 Å². The number of H-pyrrole nitrogens is 1. The van der Waals surface area contributed by atoms with Crippen LogP contribution in [0, 0.1) is 17.8 Å². The maximum Gasteiger partial charge on any atom is 0.245 e. The van der Waals surface area contributed by atoms with Crippen LogP contribution in [-0.2, 0) is 92.7 Å². The third-order valence-corrected chi connectivity index (χ3v) is 21.6. The number of rotatable bonds is 68. The molecule has 0 spiro atoms. The molecule has 16 atom stereocenters. The molecule has 1 aromatic carbocycles. The minimum absolute atomic E-state index is 0.0190. The summed E-state index contributed by atoms with van der Waals surface area (Å²) >= 11 is 0. The van der Waals surface area contributed by atoms with Crippen LogP contribution in [0.4, 0.5) is 0 Å². The van der Waals surface area contributed by atoms with Gasteiger partial charge in [0.25, 0.3) is 0 Å². The minimum atomic E-state index is -1.63. The standard InChI is InChI=1S/C85H150N26O19/c1-10-49(6)70(110-73(118)51(8)99-85(130)71(52(9)112)111-72(117)50(7)98-67(115)43-92)84(129)106-61(32-18-24-40-91)78(123)104-62(33-34-65(93)113)80(125)109-69(48(4)5)83(128)105-60(31-17-23-39-90)77(122)102-59(30-16-22-38-89)79(124)107-63(41-47(2)3)81(126)108-64(42-53-44-95-55-26-12-11-25-54(53)55)82(127)103-58(29-15-21-37-88)76(121)101-57(28-14-20-36-87)75(120)100-56(27-13-19-35-86)74(119)97-46-68(116)96-45-66(94)114/h11-12,25-26,44,47-52,56-64,69-71,95,112H,10,13-24,27-43,45-46,86-92H2,1-9H3,(H2,93,113)(H2,94,114)(H,96,116)(H,97,119)(H,98,115)(H,99,130)(H,100,120)(H,101,121)(H,102,122)(H,103,127)(H,104,123)(H,105,128)(H,106,129)(H,107,124)(H,108,126)(H,109,125)(H,110,118)(H,111,117)/t49-,50-,51-,52+,56-,57-,58-,59-,60-,61-,62-,63-,64-,69-,70-,71-/m0/s1. The van der Waals surface area contributed by atoms with Gasteiger partial charge in [-0.3, -0.25) is 86.3 Å². The zero-order valence-corrected chi connectivity index (χ0v) is 76.9. The predicted molar refractivity (Wildman–Crippen MR) is 486 cm³/mol. The van der Waals surface area contributed by atoms with Crippen LogP contribution in [0.5, 0.6) is 0 Å². The SMILES string of the molecule is CC[C@H](C)[C@H](NC(=O)[C@H](C)NC(=O)[C@@H](NC(=O)[C@H](C)NC(=O)CN)[C@@H](C)O)C(=O)N[C@@H](CCCCN)C(=O)N[C@@H](CCC(N)=O)C(=O)N[C@H](C(=O)N[C@@H](CCCCN)C(=O)N[C@@H](CCCCN)C(=O)N[C@@H](CC(C)C)C(=O)N[C@@H](Cc1c[nH]c2ccccc12)C(=O)N[C@@H](CCCCN)C(=O)N[C@@H](CCCCN)C(=O)N[C@@H](CCCCN)C(=O)NCC(=O)NCC(N)=O)C(C)C. The smallest absolute Gasteiger partial charge is 0.245 e. The number of carbonyl (C=O) groups excluding carboxylic acids is 18. The lowest BCUT2D eigenvalue weighted by Crippen LogP contribution is -2.62. The van der Waals surface area contributed by atoms with E-state index in [9.17, 15) is 77.0 Å². The number of aliphatic hydroxyl groups is 1. The van der Waals surface area contributed by atoms with Crippen LogP contribution in [0.15, 0.2) is 30.5 Å². The lowest BCUT2D eigenvalue weighted by molar-refractivity contribution is -0.137. The van der Waals surface area contributed by atoms with Crippen molar-refractivity contribution < 1.29 is 91.4 Å². The Hall–Kier alpha value is -11.1. The molecule has 36 N–H and O–H groups in total. The molecule has 2 aromatic rings. The molecule has 0 saturated carbocycles. The Kier molecular flexibility index (Phi) is 55.7. The summed E-state index contributed by atoms with van der Waals surface area (Å²) in [6, 6.07) is -12.6. The summed E-state index contributed by atoms with van der Waals surface area (Å²) in [7, 11) is 0. The third-order valence-electron chi connectivity index (χ3n) is 21.6. The fraction of sp³-hybridized carbons (Fsp3) is 0.694. The van der Waals surface area contributed by atoms with E-state index >= 15 is 14.4 Å². The molecule has 0 aliphatic rings. The van der Waals surface area contributed by atoms with Gasteiger partial charge in [0.1, 0.15) is 84.6 Å². The van der Waals surface area contributed by atoms with Crippen molar-refractivity contribution in [1.82, 2.24) is 90.1 Å². The topological polar surface area (TPSA) is 770 Å². The molecule has 0 fully saturated rings. The molecule has 0 radical (unpaired) electrons. The summed E-state index contributed by atoms with van der Waals surface area (Å²) in [5, 5.41) is 52.9. The number of unbranched alkanes of at least 4 members (excludes halogenated alkanes) is 6. The average molecular weight is 1840 g/mol. The van der Waals surface area contributed by atoms with Crippen molar-refractivity contribution in [2.24, 2.45) is 69.4 Å². The Labute approximate surface area is 760 Å². The normalized spacial score (nSPS) is 15.0. The second kappa shape index (κ2) is 63.0. The highest BCUT2D eigenvalue weighted by Gasteiger charge is 2.40. The fourth-order valence-electron chi connectivity index (χ4n) is 13.7. The van der Waals surface area contributed by atoms with Crippen molar-refractivity contribution in [3.63, 3.8) is 0 Å². The van der Waals surface area contributed by atoms with E-state index in [2.05, 4.69) is 90.1 Å². The van der Waals surface area contributed by atoms with Crippen LogP contribution >= 0.6 is 0 Å². The third kappa shape index (κ3) is 43.5. The molecule has 0 aliphatic heterocycles. The molecule has 130 heavy (non-hydrogen) atoms. The quantitative estimate of drug-likeness (QED) is 0.0274. The molecule has 18 amide bonds. The number of fused-ring (bicyclic) bond motifs is 1. The van der Waals surface area contributed by atoms with Crippen LogP contribution < -0.4 is 137 Å². The van der Waals surface area contributed by atoms with Crippen LogP contribution in [0.3, 0.4) is 0 Å². The van der Waals surface area contributed by atoms with Gasteiger partial charge in [-0.05, 0) is 218 Å². The van der Waals surface area contributed by atoms with Gasteiger partial charge in [0, 0.05) is 29.9 Å². The van der Waals surface area contributed by atoms with Crippen molar-refractivity contribution in [3.8, 4) is 0 Å². The molecule has 2 rings (SSSR count). The Bertz CT molecular complexity index is 3960. The molecule has 0 aliphatic carbocycles. The van der Waals surface area contributed by atoms with E-state index in [0.717, 1.165) is 0 Å². The minimum Gasteiger partial charge on any atom is -0.391 e. The zero-order chi connectivity index (χ0) is 97.7. The first-order valence-corrected chi connectivity index (χ1v) is 45.1. The summed E-state index contributed by atoms with van der Waals surface area (Å²) in [5.74, 6) is -17.1. The molecule has 0 unspecified atom stereocenters. The monoisotopic (exact) mass is 1840 g/mol. The first-order valence-electron chi connectivity index (χ1n) is 45.1. The van der Waals surface area contributed by atoms with E-state index in [1.54, 1.807) is 72.0 Å². The lowest BCUT2D eigenvalue weighted by atomic mass is 9.97. The van der Waals surface area contributed by atoms with Gasteiger partial charge in [-0.2, -0.15) is 0 Å². The Morgan fingerprint density at radius 1 is 0.346 bits per heavy atom. The molecule has 734 valence electrons. The first kappa shape index (κ1) is 115. The van der Waals surface area contributed by atoms with Gasteiger partial charge in [0.05, 0.1) is 25.7 Å². The van der Waals surface area contributed by atoms with Crippen LogP contribution in [0.1, 0.15) is 209 Å². The molecular weight excluding hydrogens is 1690 g/mol. The Morgan fingerprint density at radius 2 is 0.692 bits per heavy atom. The largest absolute Gasteiger partial charge is 0.391 e. The van der Waals surface area contributed by atoms with Gasteiger partial charge in [0.15, 0.2) is 0 Å². The fourth-order valence-corrected chi connectivity index (χ4v) is 13.7. The summed E-state index contributed by atoms with van der Waals surface area (Å²) in [6.45, 7) is 13.6. The van der Waals surface area contributed by atoms with E-state index in [0.29, 0.717) is 74.3 Å². The average Bonchev–Trinajstić information content (AvgIpc) is 1.69. The number of aromatic nitrogens is 1. The highest BCUT2D eigenvalue weighted by molar-refractivity contribution is 6.01. The van der Waals surface area contributed by atoms with Gasteiger partial charge >= 0.3 is 0 Å². The number of hydrogen-bond donors (Lipinski definition) is 27. The van der Waals surface area contributed by atoms with Gasteiger partial charge in [-0.1, -0.05) is 66.2 Å². The van der Waals surface area contributed by atoms with Crippen LogP contribution in [0.25, 0.3) is 10.9 Å². The summed E-state index contributed by atoms with van der Waals surface area (Å²) < 4.78 is 0. The summed E-state index contributed by atoms with van der Waals surface area (Å²) in [5.41, 5.74) is 52.6. The second-order valence-electron chi connectivity index (χ2n) is 33.5. The second-order valence-corrected chi connectivity index (χ2v) is 33.5. The van der Waals surface area contributed by atoms with Crippen molar-refractivity contribution >= 4 is 117 Å². The van der Waals surface area contributed by atoms with Crippen LogP contribution in [-0.4, -0.2) is 266 Å². The van der Waals surface area contributed by atoms with Crippen LogP contribution in [0.2, 0.25) is 0 Å². The molecule has 1 heterocycles. The highest BCUT2D eigenvalue weighted by atomic mass is 16.3. The Balaban J connectivity index is 2.64. The summed E-state index contributed by atoms with van der Waals surface area (Å²) in [4.78, 5) is 253. The molecule has 1 aromatic heterocycles. The highest BCUT2D eigenvalue weighted by Crippen LogP contribution is 2.22. The number of para-hydroxylation sites is 1. The van der Waals surface area contributed by atoms with E-state index in [4.69, 9.17) is 51.6 Å². The number of nitrogens with two attached hydrogens (primary N) is 9. The van der Waals surface area contributed by atoms with E-state index in [1.165, 1.54) is 20.8 Å². The van der Waals surface area contributed by atoms with Crippen molar-refractivity contribution in [2.75, 3.05) is 58.9 Å². The molecular formula is C85H150N26O19. The van der Waals surface area contributed by atoms with E-state index in [1.807, 2.05) is 0 Å². The van der Waals surface area contributed by atoms with Gasteiger partial charge < -0.3 is 147 Å². The zero-order valence-electron chi connectivity index (χ0n) is 76.9. The molecule has 0 saturated heterocycles. The number of primary amides is 2. The number of amides is 18. The lowest BCUT2D eigenvalue weighted by Gasteiger charge is -2.30. The Morgan fingerprint density at radius 3 is 1.08 bits per heavy atom. The van der Waals surface area contributed by atoms with Gasteiger partial charge in [-0.25, -0.2) is 0 Å². The van der Waals surface area contributed by atoms with Crippen molar-refractivity contribution in [1.29, 1.82) is 0 Å². The molecule has 45 heteroatoms. The number of hydrogen-bond acceptors (Lipinski definition) is 26. The number of nitrogens with one attached hydrogen (secondary N) is 17. The first-order chi connectivity index (χ1) is 61.6. The van der Waals surface area contributed by atoms with Gasteiger partial charge in [0.2, 0.25) is 106 Å². The maximum absolute atomic E-state index is 15.2. The van der Waals surface area contributed by atoms with E-state index in [-0.39, 0.29) is 122 Å². The predicted octanol–water partition coefficient (Wildman–Crippen LogP) is -6.62. The number of benzene rings is 1. The number of aliphatic hydroxyl groups excluding tert-OH is 1. The molecule has 0 bridgehead atoms. The van der Waals surface area contributed by atoms with E-state index < -0.39 is 241 Å². The van der Waals surface area contributed by atoms with Crippen molar-refractivity contribution in [3.05, 3.63) is 36.0 Å². The number of carbonyl (C=O) groups is 18. The maximum atomic E-state index is 15.2.